The number of rotatable bonds is 15. The van der Waals surface area contributed by atoms with Gasteiger partial charge < -0.3 is 4.74 Å². The summed E-state index contributed by atoms with van der Waals surface area (Å²) in [5, 5.41) is 0. The number of esters is 1. The van der Waals surface area contributed by atoms with Crippen LogP contribution in [0.5, 0.6) is 0 Å². The predicted octanol–water partition coefficient (Wildman–Crippen LogP) is 9.14. The molecular weight excluding hydrogens is 460 g/mol. The van der Waals surface area contributed by atoms with Gasteiger partial charge in [-0.1, -0.05) is 87.8 Å². The normalized spacial score (nSPS) is 16.2. The van der Waals surface area contributed by atoms with Crippen LogP contribution in [0.25, 0.3) is 0 Å². The molecule has 0 saturated carbocycles. The third-order valence-electron chi connectivity index (χ3n) is 5.32. The molecule has 1 aliphatic heterocycles. The average molecular weight is 513 g/mol. The molecule has 4 nitrogen and oxygen atoms in total. The number of allylic oxidation sites excluding steroid dienone is 9. The van der Waals surface area contributed by atoms with Crippen LogP contribution in [-0.2, 0) is 19.1 Å². The molecular formula is C33H52O4. The number of hydrogen-bond acceptors (Lipinski definition) is 4. The molecule has 0 radical (unpaired) electrons. The summed E-state index contributed by atoms with van der Waals surface area (Å²) in [7, 11) is 0. The summed E-state index contributed by atoms with van der Waals surface area (Å²) in [6.45, 7) is 15.7. The Morgan fingerprint density at radius 1 is 0.973 bits per heavy atom. The van der Waals surface area contributed by atoms with Crippen molar-refractivity contribution in [3.8, 4) is 0 Å². The van der Waals surface area contributed by atoms with Crippen molar-refractivity contribution in [1.29, 1.82) is 0 Å². The number of cyclic esters (lactones) is 1. The van der Waals surface area contributed by atoms with Crippen LogP contribution in [0, 0.1) is 0 Å². The fourth-order valence-corrected chi connectivity index (χ4v) is 3.44. The lowest BCUT2D eigenvalue weighted by Crippen LogP contribution is -2.17. The van der Waals surface area contributed by atoms with E-state index in [1.165, 1.54) is 11.6 Å². The number of ether oxygens (including phenoxy) is 1. The van der Waals surface area contributed by atoms with Crippen LogP contribution >= 0.6 is 0 Å². The Morgan fingerprint density at radius 3 is 2.27 bits per heavy atom. The maximum absolute atomic E-state index is 12.1. The molecule has 0 aromatic carbocycles. The Balaban J connectivity index is 0. The smallest absolute Gasteiger partial charge is 0.331 e. The van der Waals surface area contributed by atoms with Gasteiger partial charge in [-0.25, -0.2) is 4.79 Å². The van der Waals surface area contributed by atoms with Gasteiger partial charge in [-0.15, -0.1) is 0 Å². The first kappa shape index (κ1) is 36.4. The Labute approximate surface area is 227 Å². The van der Waals surface area contributed by atoms with Gasteiger partial charge in [0.25, 0.3) is 0 Å². The molecule has 1 aliphatic rings. The summed E-state index contributed by atoms with van der Waals surface area (Å²) in [5.74, 6) is 0.0662. The molecule has 37 heavy (non-hydrogen) atoms. The van der Waals surface area contributed by atoms with E-state index in [-0.39, 0.29) is 23.6 Å². The van der Waals surface area contributed by atoms with Gasteiger partial charge in [-0.3, -0.25) is 9.59 Å². The summed E-state index contributed by atoms with van der Waals surface area (Å²) < 4.78 is 5.24. The van der Waals surface area contributed by atoms with Crippen molar-refractivity contribution in [1.82, 2.24) is 0 Å². The SMILES string of the molecule is CC.CC.CCC(=C/CC/C=C/C(C)=C/CC(=O)CCCC/C(C)=C/C(C)=O)/C=C/C1CC=CC(=O)O1. The Morgan fingerprint density at radius 2 is 1.65 bits per heavy atom. The van der Waals surface area contributed by atoms with Crippen molar-refractivity contribution < 1.29 is 19.1 Å². The Bertz CT molecular complexity index is 834. The van der Waals surface area contributed by atoms with E-state index < -0.39 is 0 Å². The van der Waals surface area contributed by atoms with E-state index in [1.54, 1.807) is 13.0 Å². The van der Waals surface area contributed by atoms with Crippen LogP contribution in [0.15, 0.2) is 71.4 Å². The van der Waals surface area contributed by atoms with Crippen LogP contribution in [0.3, 0.4) is 0 Å². The lowest BCUT2D eigenvalue weighted by atomic mass is 10.0. The van der Waals surface area contributed by atoms with Crippen molar-refractivity contribution >= 4 is 17.5 Å². The molecule has 0 bridgehead atoms. The first-order valence-corrected chi connectivity index (χ1v) is 14.1. The number of ketones is 2. The molecule has 0 aromatic heterocycles. The molecule has 1 rings (SSSR count). The van der Waals surface area contributed by atoms with E-state index in [2.05, 4.69) is 31.2 Å². The van der Waals surface area contributed by atoms with E-state index >= 15 is 0 Å². The van der Waals surface area contributed by atoms with Gasteiger partial charge in [0, 0.05) is 25.3 Å². The zero-order chi connectivity index (χ0) is 28.5. The van der Waals surface area contributed by atoms with Gasteiger partial charge in [0.05, 0.1) is 0 Å². The van der Waals surface area contributed by atoms with Gasteiger partial charge in [0.15, 0.2) is 5.78 Å². The molecule has 0 N–H and O–H groups in total. The predicted molar refractivity (Wildman–Crippen MR) is 159 cm³/mol. The minimum atomic E-state index is -0.276. The molecule has 1 unspecified atom stereocenters. The van der Waals surface area contributed by atoms with E-state index in [1.807, 2.05) is 59.8 Å². The number of unbranched alkanes of at least 4 members (excludes halogenated alkanes) is 2. The van der Waals surface area contributed by atoms with Gasteiger partial charge in [0.2, 0.25) is 0 Å². The van der Waals surface area contributed by atoms with E-state index in [0.29, 0.717) is 12.8 Å². The fourth-order valence-electron chi connectivity index (χ4n) is 3.44. The maximum Gasteiger partial charge on any atom is 0.331 e. The summed E-state index contributed by atoms with van der Waals surface area (Å²) in [6, 6.07) is 0. The molecule has 208 valence electrons. The molecule has 4 heteroatoms. The maximum atomic E-state index is 12.1. The van der Waals surface area contributed by atoms with Crippen molar-refractivity contribution in [2.24, 2.45) is 0 Å². The molecule has 1 atom stereocenters. The largest absolute Gasteiger partial charge is 0.455 e. The first-order valence-electron chi connectivity index (χ1n) is 14.1. The number of Topliss-reactive ketones (excluding diaryl/α,β-unsaturated/α-hetero) is 1. The molecule has 0 spiro atoms. The summed E-state index contributed by atoms with van der Waals surface area (Å²) in [6.07, 6.45) is 24.6. The molecule has 1 heterocycles. The van der Waals surface area contributed by atoms with Crippen LogP contribution in [-0.4, -0.2) is 23.6 Å². The van der Waals surface area contributed by atoms with Crippen LogP contribution < -0.4 is 0 Å². The highest BCUT2D eigenvalue weighted by Gasteiger charge is 2.12. The Kier molecular flexibility index (Phi) is 24.5. The van der Waals surface area contributed by atoms with Gasteiger partial charge >= 0.3 is 5.97 Å². The second-order valence-corrected chi connectivity index (χ2v) is 8.58. The highest BCUT2D eigenvalue weighted by atomic mass is 16.5. The highest BCUT2D eigenvalue weighted by molar-refractivity contribution is 5.87. The average Bonchev–Trinajstić information content (AvgIpc) is 2.89. The van der Waals surface area contributed by atoms with Crippen LogP contribution in [0.1, 0.15) is 113 Å². The van der Waals surface area contributed by atoms with Crippen molar-refractivity contribution in [2.45, 2.75) is 119 Å². The lowest BCUT2D eigenvalue weighted by Gasteiger charge is -2.14. The summed E-state index contributed by atoms with van der Waals surface area (Å²) >= 11 is 0. The van der Waals surface area contributed by atoms with Crippen LogP contribution in [0.2, 0.25) is 0 Å². The topological polar surface area (TPSA) is 60.4 Å². The number of hydrogen-bond donors (Lipinski definition) is 0. The minimum Gasteiger partial charge on any atom is -0.455 e. The molecule has 0 aromatic rings. The summed E-state index contributed by atoms with van der Waals surface area (Å²) in [4.78, 5) is 34.4. The standard InChI is InChI=1S/C29H40O4.2C2H6/c1-5-26(19-21-28-16-11-17-29(32)33-28)14-8-6-7-12-23(2)18-20-27(31)15-10-9-13-24(3)22-25(4)30;2*1-2/h7,11-12,14,17-19,21-22,28H,5-6,8-10,13,15-16,20H2,1-4H3;2*1-2H3/b12-7+,21-19+,23-18+,24-22+,26-14-;;. The molecule has 0 amide bonds. The Hall–Kier alpha value is -2.75. The third kappa shape index (κ3) is 22.2. The van der Waals surface area contributed by atoms with Crippen LogP contribution in [0.4, 0.5) is 0 Å². The number of carbonyl (C=O) groups is 3. The molecule has 0 saturated heterocycles. The van der Waals surface area contributed by atoms with E-state index in [4.69, 9.17) is 4.74 Å². The lowest BCUT2D eigenvalue weighted by molar-refractivity contribution is -0.141. The minimum absolute atomic E-state index is 0.0808. The van der Waals surface area contributed by atoms with Crippen molar-refractivity contribution in [3.63, 3.8) is 0 Å². The molecule has 0 aliphatic carbocycles. The van der Waals surface area contributed by atoms with Gasteiger partial charge in [-0.2, -0.15) is 0 Å². The zero-order valence-electron chi connectivity index (χ0n) is 24.8. The van der Waals surface area contributed by atoms with E-state index in [0.717, 1.165) is 56.1 Å². The monoisotopic (exact) mass is 512 g/mol. The number of carbonyl (C=O) groups excluding carboxylic acids is 3. The van der Waals surface area contributed by atoms with Gasteiger partial charge in [-0.05, 0) is 71.4 Å². The van der Waals surface area contributed by atoms with E-state index in [9.17, 15) is 14.4 Å². The van der Waals surface area contributed by atoms with Crippen molar-refractivity contribution in [2.75, 3.05) is 0 Å². The fraction of sp³-hybridized carbons (Fsp3) is 0.545. The third-order valence-corrected chi connectivity index (χ3v) is 5.32. The quantitative estimate of drug-likeness (QED) is 0.0949. The zero-order valence-corrected chi connectivity index (χ0v) is 24.8. The van der Waals surface area contributed by atoms with Crippen molar-refractivity contribution in [3.05, 3.63) is 71.4 Å². The second kappa shape index (κ2) is 24.9. The van der Waals surface area contributed by atoms with Gasteiger partial charge in [0.1, 0.15) is 11.9 Å². The second-order valence-electron chi connectivity index (χ2n) is 8.58. The molecule has 0 fully saturated rings. The first-order chi connectivity index (χ1) is 17.8. The summed E-state index contributed by atoms with van der Waals surface area (Å²) in [5.41, 5.74) is 3.43. The highest BCUT2D eigenvalue weighted by Crippen LogP contribution is 2.13.